The zero-order valence-electron chi connectivity index (χ0n) is 9.79. The van der Waals surface area contributed by atoms with E-state index >= 15 is 0 Å². The highest BCUT2D eigenvalue weighted by molar-refractivity contribution is 9.09. The van der Waals surface area contributed by atoms with E-state index in [4.69, 9.17) is 9.47 Å². The minimum absolute atomic E-state index is 0.142. The predicted octanol–water partition coefficient (Wildman–Crippen LogP) is 3.70. The Morgan fingerprint density at radius 3 is 2.94 bits per heavy atom. The molecule has 0 aliphatic carbocycles. The summed E-state index contributed by atoms with van der Waals surface area (Å²) >= 11 is 3.64. The molecule has 1 aromatic rings. The normalized spacial score (nSPS) is 22.2. The lowest BCUT2D eigenvalue weighted by molar-refractivity contribution is 0.0545. The van der Waals surface area contributed by atoms with E-state index in [0.717, 1.165) is 31.6 Å². The SMILES string of the molecule is COc1ccc(C(Br)C2CCCOC2)cc1F. The Labute approximate surface area is 109 Å². The number of benzene rings is 1. The van der Waals surface area contributed by atoms with Gasteiger partial charge < -0.3 is 9.47 Å². The van der Waals surface area contributed by atoms with Crippen molar-refractivity contribution in [3.8, 4) is 5.75 Å². The predicted molar refractivity (Wildman–Crippen MR) is 68.2 cm³/mol. The van der Waals surface area contributed by atoms with E-state index in [1.807, 2.05) is 6.07 Å². The average molecular weight is 303 g/mol. The Balaban J connectivity index is 2.12. The summed E-state index contributed by atoms with van der Waals surface area (Å²) in [4.78, 5) is 0.142. The maximum Gasteiger partial charge on any atom is 0.165 e. The zero-order chi connectivity index (χ0) is 12.3. The van der Waals surface area contributed by atoms with E-state index in [-0.39, 0.29) is 16.4 Å². The molecule has 1 heterocycles. The second-order valence-electron chi connectivity index (χ2n) is 4.27. The second-order valence-corrected chi connectivity index (χ2v) is 5.26. The molecule has 0 spiro atoms. The van der Waals surface area contributed by atoms with Crippen molar-refractivity contribution in [2.45, 2.75) is 17.7 Å². The van der Waals surface area contributed by atoms with Crippen LogP contribution in [0.15, 0.2) is 18.2 Å². The van der Waals surface area contributed by atoms with Crippen molar-refractivity contribution in [2.75, 3.05) is 20.3 Å². The Hall–Kier alpha value is -0.610. The van der Waals surface area contributed by atoms with E-state index in [9.17, 15) is 4.39 Å². The summed E-state index contributed by atoms with van der Waals surface area (Å²) in [5.74, 6) is 0.385. The first kappa shape index (κ1) is 12.8. The molecular formula is C13H16BrFO2. The number of halogens is 2. The first-order valence-corrected chi connectivity index (χ1v) is 6.69. The van der Waals surface area contributed by atoms with Gasteiger partial charge in [-0.25, -0.2) is 4.39 Å². The van der Waals surface area contributed by atoms with Crippen LogP contribution in [-0.4, -0.2) is 20.3 Å². The van der Waals surface area contributed by atoms with Crippen molar-refractivity contribution in [1.82, 2.24) is 0 Å². The van der Waals surface area contributed by atoms with Gasteiger partial charge in [-0.1, -0.05) is 22.0 Å². The molecule has 0 N–H and O–H groups in total. The third-order valence-corrected chi connectivity index (χ3v) is 4.38. The first-order valence-electron chi connectivity index (χ1n) is 5.77. The lowest BCUT2D eigenvalue weighted by Crippen LogP contribution is -2.21. The quantitative estimate of drug-likeness (QED) is 0.793. The molecule has 2 nitrogen and oxygen atoms in total. The monoisotopic (exact) mass is 302 g/mol. The van der Waals surface area contributed by atoms with E-state index in [1.165, 1.54) is 13.2 Å². The van der Waals surface area contributed by atoms with Crippen LogP contribution in [0.4, 0.5) is 4.39 Å². The third-order valence-electron chi connectivity index (χ3n) is 3.10. The Bertz CT molecular complexity index is 378. The van der Waals surface area contributed by atoms with Gasteiger partial charge in [0.1, 0.15) is 0 Å². The minimum Gasteiger partial charge on any atom is -0.494 e. The van der Waals surface area contributed by atoms with E-state index in [1.54, 1.807) is 6.07 Å². The molecule has 1 saturated heterocycles. The molecule has 0 bridgehead atoms. The first-order chi connectivity index (χ1) is 8.22. The molecule has 0 aromatic heterocycles. The third kappa shape index (κ3) is 2.99. The average Bonchev–Trinajstić information content (AvgIpc) is 2.39. The van der Waals surface area contributed by atoms with Gasteiger partial charge in [0.15, 0.2) is 11.6 Å². The second kappa shape index (κ2) is 5.83. The van der Waals surface area contributed by atoms with Gasteiger partial charge in [-0.05, 0) is 36.5 Å². The van der Waals surface area contributed by atoms with Crippen LogP contribution in [0.2, 0.25) is 0 Å². The molecule has 4 heteroatoms. The fraction of sp³-hybridized carbons (Fsp3) is 0.538. The highest BCUT2D eigenvalue weighted by Gasteiger charge is 2.24. The molecule has 1 aliphatic rings. The van der Waals surface area contributed by atoms with Crippen molar-refractivity contribution in [3.05, 3.63) is 29.6 Å². The topological polar surface area (TPSA) is 18.5 Å². The molecule has 17 heavy (non-hydrogen) atoms. The van der Waals surface area contributed by atoms with Crippen LogP contribution in [0.1, 0.15) is 23.2 Å². The fourth-order valence-corrected chi connectivity index (χ4v) is 2.82. The number of methoxy groups -OCH3 is 1. The van der Waals surface area contributed by atoms with Gasteiger partial charge in [0, 0.05) is 11.4 Å². The largest absolute Gasteiger partial charge is 0.494 e. The number of hydrogen-bond acceptors (Lipinski definition) is 2. The van der Waals surface area contributed by atoms with Gasteiger partial charge in [-0.2, -0.15) is 0 Å². The number of alkyl halides is 1. The Kier molecular flexibility index (Phi) is 4.40. The number of hydrogen-bond donors (Lipinski definition) is 0. The molecule has 0 amide bonds. The highest BCUT2D eigenvalue weighted by Crippen LogP contribution is 2.37. The van der Waals surface area contributed by atoms with Crippen LogP contribution in [0, 0.1) is 11.7 Å². The lowest BCUT2D eigenvalue weighted by atomic mass is 9.94. The lowest BCUT2D eigenvalue weighted by Gasteiger charge is -2.26. The Morgan fingerprint density at radius 1 is 1.53 bits per heavy atom. The van der Waals surface area contributed by atoms with Crippen molar-refractivity contribution >= 4 is 15.9 Å². The van der Waals surface area contributed by atoms with Gasteiger partial charge >= 0.3 is 0 Å². The van der Waals surface area contributed by atoms with Gasteiger partial charge in [0.05, 0.1) is 13.7 Å². The smallest absolute Gasteiger partial charge is 0.165 e. The van der Waals surface area contributed by atoms with E-state index in [0.29, 0.717) is 5.92 Å². The highest BCUT2D eigenvalue weighted by atomic mass is 79.9. The van der Waals surface area contributed by atoms with Crippen molar-refractivity contribution in [1.29, 1.82) is 0 Å². The van der Waals surface area contributed by atoms with Gasteiger partial charge in [-0.3, -0.25) is 0 Å². The zero-order valence-corrected chi connectivity index (χ0v) is 11.4. The van der Waals surface area contributed by atoms with Crippen molar-refractivity contribution in [3.63, 3.8) is 0 Å². The van der Waals surface area contributed by atoms with Crippen molar-refractivity contribution < 1.29 is 13.9 Å². The molecule has 94 valence electrons. The molecule has 1 aliphatic heterocycles. The van der Waals surface area contributed by atoms with Gasteiger partial charge in [-0.15, -0.1) is 0 Å². The summed E-state index contributed by atoms with van der Waals surface area (Å²) in [5, 5.41) is 0. The van der Waals surface area contributed by atoms with E-state index in [2.05, 4.69) is 15.9 Å². The molecule has 2 rings (SSSR count). The molecular weight excluding hydrogens is 287 g/mol. The molecule has 1 aromatic carbocycles. The Morgan fingerprint density at radius 2 is 2.35 bits per heavy atom. The van der Waals surface area contributed by atoms with Crippen LogP contribution in [0.3, 0.4) is 0 Å². The standard InChI is InChI=1S/C13H16BrFO2/c1-16-12-5-4-9(7-11(12)15)13(14)10-3-2-6-17-8-10/h4-5,7,10,13H,2-3,6,8H2,1H3. The molecule has 0 saturated carbocycles. The molecule has 0 radical (unpaired) electrons. The summed E-state index contributed by atoms with van der Waals surface area (Å²) < 4.78 is 24.0. The summed E-state index contributed by atoms with van der Waals surface area (Å²) in [7, 11) is 1.47. The summed E-state index contributed by atoms with van der Waals surface area (Å²) in [6.45, 7) is 1.58. The van der Waals surface area contributed by atoms with Crippen LogP contribution < -0.4 is 4.74 Å². The van der Waals surface area contributed by atoms with Crippen LogP contribution in [0.25, 0.3) is 0 Å². The summed E-state index contributed by atoms with van der Waals surface area (Å²) in [5.41, 5.74) is 0.943. The molecule has 2 unspecified atom stereocenters. The maximum atomic E-state index is 13.6. The maximum absolute atomic E-state index is 13.6. The summed E-state index contributed by atoms with van der Waals surface area (Å²) in [6.07, 6.45) is 2.19. The van der Waals surface area contributed by atoms with Crippen LogP contribution in [0.5, 0.6) is 5.75 Å². The number of rotatable bonds is 3. The van der Waals surface area contributed by atoms with Crippen LogP contribution in [-0.2, 0) is 4.74 Å². The fourth-order valence-electron chi connectivity index (χ4n) is 2.12. The van der Waals surface area contributed by atoms with Crippen molar-refractivity contribution in [2.24, 2.45) is 5.92 Å². The molecule has 2 atom stereocenters. The van der Waals surface area contributed by atoms with Crippen LogP contribution >= 0.6 is 15.9 Å². The molecule has 1 fully saturated rings. The minimum atomic E-state index is -0.314. The van der Waals surface area contributed by atoms with Gasteiger partial charge in [0.2, 0.25) is 0 Å². The number of ether oxygens (including phenoxy) is 2. The van der Waals surface area contributed by atoms with E-state index < -0.39 is 0 Å². The van der Waals surface area contributed by atoms with Gasteiger partial charge in [0.25, 0.3) is 0 Å². The summed E-state index contributed by atoms with van der Waals surface area (Å²) in [6, 6.07) is 5.10.